The van der Waals surface area contributed by atoms with E-state index in [2.05, 4.69) is 74.6 Å². The molecule has 0 spiro atoms. The highest BCUT2D eigenvalue weighted by Crippen LogP contribution is 2.20. The Morgan fingerprint density at radius 1 is 1.03 bits per heavy atom. The fourth-order valence-electron chi connectivity index (χ4n) is 3.52. The number of aromatic nitrogens is 2. The van der Waals surface area contributed by atoms with Crippen molar-refractivity contribution in [2.45, 2.75) is 39.9 Å². The predicted octanol–water partition coefficient (Wildman–Crippen LogP) is 4.45. The maximum Gasteiger partial charge on any atom is 0.191 e. The summed E-state index contributed by atoms with van der Waals surface area (Å²) in [6, 6.07) is 14.8. The van der Waals surface area contributed by atoms with Crippen LogP contribution in [0, 0.1) is 13.8 Å². The summed E-state index contributed by atoms with van der Waals surface area (Å²) < 4.78 is 13.2. The van der Waals surface area contributed by atoms with Gasteiger partial charge < -0.3 is 24.7 Å². The van der Waals surface area contributed by atoms with Crippen molar-refractivity contribution in [3.8, 4) is 5.75 Å². The second-order valence-electron chi connectivity index (χ2n) is 8.01. The molecule has 0 unspecified atom stereocenters. The van der Waals surface area contributed by atoms with Crippen LogP contribution in [0.15, 0.2) is 59.9 Å². The Morgan fingerprint density at radius 2 is 1.82 bits per heavy atom. The van der Waals surface area contributed by atoms with Crippen molar-refractivity contribution < 1.29 is 9.47 Å². The van der Waals surface area contributed by atoms with Crippen molar-refractivity contribution in [3.63, 3.8) is 0 Å². The van der Waals surface area contributed by atoms with Crippen molar-refractivity contribution in [1.82, 2.24) is 20.2 Å². The van der Waals surface area contributed by atoms with Gasteiger partial charge in [0.05, 0.1) is 6.61 Å². The molecule has 1 aromatic heterocycles. The van der Waals surface area contributed by atoms with Crippen LogP contribution in [-0.4, -0.2) is 42.9 Å². The summed E-state index contributed by atoms with van der Waals surface area (Å²) in [5, 5.41) is 6.80. The van der Waals surface area contributed by atoms with Gasteiger partial charge in [-0.05, 0) is 36.6 Å². The quantitative estimate of drug-likeness (QED) is 0.153. The van der Waals surface area contributed by atoms with Crippen LogP contribution in [0.3, 0.4) is 0 Å². The average Bonchev–Trinajstić information content (AvgIpc) is 3.22. The zero-order valence-electron chi connectivity index (χ0n) is 20.5. The van der Waals surface area contributed by atoms with Crippen molar-refractivity contribution in [3.05, 3.63) is 82.9 Å². The third kappa shape index (κ3) is 8.64. The molecule has 1 heterocycles. The van der Waals surface area contributed by atoms with E-state index < -0.39 is 0 Å². The van der Waals surface area contributed by atoms with Crippen LogP contribution < -0.4 is 15.4 Å². The van der Waals surface area contributed by atoms with Gasteiger partial charge >= 0.3 is 0 Å². The lowest BCUT2D eigenvalue weighted by molar-refractivity contribution is 0.171. The monoisotopic (exact) mass is 577 g/mol. The highest BCUT2D eigenvalue weighted by molar-refractivity contribution is 14.0. The zero-order chi connectivity index (χ0) is 23.5. The van der Waals surface area contributed by atoms with E-state index in [1.807, 2.05) is 19.3 Å². The van der Waals surface area contributed by atoms with E-state index >= 15 is 0 Å². The molecule has 34 heavy (non-hydrogen) atoms. The summed E-state index contributed by atoms with van der Waals surface area (Å²) >= 11 is 0. The lowest BCUT2D eigenvalue weighted by Crippen LogP contribution is -2.36. The Hall–Kier alpha value is -2.59. The van der Waals surface area contributed by atoms with E-state index in [9.17, 15) is 0 Å². The SMILES string of the molecule is CN=C(NCc1cccc(Cn2ccnc2C)c1)NCc1ccc(C)cc1OCCCOC.I. The number of rotatable bonds is 11. The summed E-state index contributed by atoms with van der Waals surface area (Å²) in [7, 11) is 3.49. The summed E-state index contributed by atoms with van der Waals surface area (Å²) in [5.74, 6) is 2.66. The number of benzene rings is 2. The van der Waals surface area contributed by atoms with Gasteiger partial charge in [-0.1, -0.05) is 36.4 Å². The molecule has 7 nitrogen and oxygen atoms in total. The molecular formula is C26H36IN5O2. The van der Waals surface area contributed by atoms with Gasteiger partial charge in [0.1, 0.15) is 11.6 Å². The number of methoxy groups -OCH3 is 1. The Labute approximate surface area is 220 Å². The second-order valence-corrected chi connectivity index (χ2v) is 8.01. The summed E-state index contributed by atoms with van der Waals surface area (Å²) in [6.07, 6.45) is 4.70. The maximum absolute atomic E-state index is 5.99. The van der Waals surface area contributed by atoms with Crippen LogP contribution in [0.25, 0.3) is 0 Å². The van der Waals surface area contributed by atoms with Gasteiger partial charge in [0.25, 0.3) is 0 Å². The Morgan fingerprint density at radius 3 is 2.56 bits per heavy atom. The van der Waals surface area contributed by atoms with E-state index in [1.54, 1.807) is 14.2 Å². The molecule has 184 valence electrons. The van der Waals surface area contributed by atoms with E-state index in [-0.39, 0.29) is 24.0 Å². The van der Waals surface area contributed by atoms with Crippen molar-refractivity contribution >= 4 is 29.9 Å². The first kappa shape index (κ1) is 27.7. The zero-order valence-corrected chi connectivity index (χ0v) is 22.8. The number of hydrogen-bond acceptors (Lipinski definition) is 4. The van der Waals surface area contributed by atoms with Crippen LogP contribution in [0.1, 0.15) is 34.5 Å². The van der Waals surface area contributed by atoms with Crippen LogP contribution in [0.4, 0.5) is 0 Å². The molecule has 3 rings (SSSR count). The van der Waals surface area contributed by atoms with Gasteiger partial charge in [-0.2, -0.15) is 0 Å². The summed E-state index contributed by atoms with van der Waals surface area (Å²) in [6.45, 7) is 7.54. The molecule has 0 aliphatic carbocycles. The molecule has 0 aliphatic heterocycles. The van der Waals surface area contributed by atoms with Crippen LogP contribution in [0.2, 0.25) is 0 Å². The Kier molecular flexibility index (Phi) is 11.9. The normalized spacial score (nSPS) is 11.1. The van der Waals surface area contributed by atoms with Gasteiger partial charge in [-0.3, -0.25) is 4.99 Å². The number of nitrogens with one attached hydrogen (secondary N) is 2. The minimum absolute atomic E-state index is 0. The first-order chi connectivity index (χ1) is 16.1. The number of ether oxygens (including phenoxy) is 2. The maximum atomic E-state index is 5.99. The first-order valence-electron chi connectivity index (χ1n) is 11.3. The minimum atomic E-state index is 0. The highest BCUT2D eigenvalue weighted by Gasteiger charge is 2.07. The van der Waals surface area contributed by atoms with Gasteiger partial charge in [-0.15, -0.1) is 24.0 Å². The molecule has 3 aromatic rings. The standard InChI is InChI=1S/C26H35N5O2.HI/c1-20-9-10-24(25(15-20)33-14-6-13-32-4)18-30-26(27-3)29-17-22-7-5-8-23(16-22)19-31-12-11-28-21(31)2;/h5,7-12,15-16H,6,13-14,17-19H2,1-4H3,(H2,27,29,30);1H. The van der Waals surface area contributed by atoms with E-state index in [1.165, 1.54) is 16.7 Å². The molecule has 0 saturated heterocycles. The van der Waals surface area contributed by atoms with Crippen molar-refractivity contribution in [2.24, 2.45) is 4.99 Å². The average molecular weight is 578 g/mol. The number of nitrogens with zero attached hydrogens (tertiary/aromatic N) is 3. The van der Waals surface area contributed by atoms with E-state index in [0.717, 1.165) is 36.1 Å². The third-order valence-corrected chi connectivity index (χ3v) is 5.37. The molecule has 0 fully saturated rings. The van der Waals surface area contributed by atoms with E-state index in [4.69, 9.17) is 9.47 Å². The van der Waals surface area contributed by atoms with E-state index in [0.29, 0.717) is 26.3 Å². The lowest BCUT2D eigenvalue weighted by Gasteiger charge is -2.16. The van der Waals surface area contributed by atoms with Gasteiger partial charge in [-0.25, -0.2) is 4.98 Å². The van der Waals surface area contributed by atoms with Crippen LogP contribution in [-0.2, 0) is 24.4 Å². The number of aryl methyl sites for hydroxylation is 2. The Balaban J connectivity index is 0.00000408. The minimum Gasteiger partial charge on any atom is -0.493 e. The second kappa shape index (κ2) is 14.6. The fourth-order valence-corrected chi connectivity index (χ4v) is 3.52. The van der Waals surface area contributed by atoms with Gasteiger partial charge in [0.15, 0.2) is 5.96 Å². The van der Waals surface area contributed by atoms with Gasteiger partial charge in [0.2, 0.25) is 0 Å². The first-order valence-corrected chi connectivity index (χ1v) is 11.3. The smallest absolute Gasteiger partial charge is 0.191 e. The molecule has 0 bridgehead atoms. The molecule has 0 atom stereocenters. The van der Waals surface area contributed by atoms with Crippen LogP contribution in [0.5, 0.6) is 5.75 Å². The largest absolute Gasteiger partial charge is 0.493 e. The summed E-state index contributed by atoms with van der Waals surface area (Å²) in [4.78, 5) is 8.67. The highest BCUT2D eigenvalue weighted by atomic mass is 127. The number of imidazole rings is 1. The molecular weight excluding hydrogens is 541 g/mol. The molecule has 0 aliphatic rings. The fraction of sp³-hybridized carbons (Fsp3) is 0.385. The lowest BCUT2D eigenvalue weighted by atomic mass is 10.1. The topological polar surface area (TPSA) is 72.7 Å². The molecule has 0 saturated carbocycles. The predicted molar refractivity (Wildman–Crippen MR) is 148 cm³/mol. The van der Waals surface area contributed by atoms with Gasteiger partial charge in [0, 0.05) is 64.8 Å². The number of hydrogen-bond donors (Lipinski definition) is 2. The third-order valence-electron chi connectivity index (χ3n) is 5.37. The van der Waals surface area contributed by atoms with Crippen molar-refractivity contribution in [1.29, 1.82) is 0 Å². The number of halogens is 1. The number of guanidine groups is 1. The number of aliphatic imine (C=N–C) groups is 1. The van der Waals surface area contributed by atoms with Crippen LogP contribution >= 0.6 is 24.0 Å². The molecule has 0 radical (unpaired) electrons. The Bertz CT molecular complexity index is 1050. The molecule has 2 N–H and O–H groups in total. The van der Waals surface area contributed by atoms with Crippen molar-refractivity contribution in [2.75, 3.05) is 27.4 Å². The molecule has 2 aromatic carbocycles. The summed E-state index contributed by atoms with van der Waals surface area (Å²) in [5.41, 5.74) is 4.71. The molecule has 8 heteroatoms. The molecule has 0 amide bonds.